The van der Waals surface area contributed by atoms with Gasteiger partial charge in [0.25, 0.3) is 17.5 Å². The predicted octanol–water partition coefficient (Wildman–Crippen LogP) is 4.02. The fourth-order valence-electron chi connectivity index (χ4n) is 2.41. The van der Waals surface area contributed by atoms with Crippen molar-refractivity contribution >= 4 is 44.9 Å². The quantitative estimate of drug-likeness (QED) is 0.396. The second-order valence-electron chi connectivity index (χ2n) is 5.99. The van der Waals surface area contributed by atoms with Gasteiger partial charge < -0.3 is 15.4 Å². The van der Waals surface area contributed by atoms with Gasteiger partial charge in [-0.2, -0.15) is 0 Å². The highest BCUT2D eigenvalue weighted by molar-refractivity contribution is 9.10. The highest BCUT2D eigenvalue weighted by atomic mass is 79.9. The van der Waals surface area contributed by atoms with Crippen molar-refractivity contribution in [3.63, 3.8) is 0 Å². The summed E-state index contributed by atoms with van der Waals surface area (Å²) in [7, 11) is 0. The second-order valence-corrected chi connectivity index (χ2v) is 6.90. The number of hydrogen-bond acceptors (Lipinski definition) is 6. The number of rotatable bonds is 7. The Morgan fingerprint density at radius 2 is 1.87 bits per heavy atom. The molecule has 2 aromatic carbocycles. The molecule has 0 saturated heterocycles. The van der Waals surface area contributed by atoms with Gasteiger partial charge in [-0.1, -0.05) is 12.1 Å². The highest BCUT2D eigenvalue weighted by Crippen LogP contribution is 2.19. The summed E-state index contributed by atoms with van der Waals surface area (Å²) >= 11 is 3.27. The molecule has 3 aromatic rings. The average molecular weight is 471 g/mol. The van der Waals surface area contributed by atoms with E-state index in [1.807, 2.05) is 0 Å². The largest absolute Gasteiger partial charge is 0.484 e. The Morgan fingerprint density at radius 1 is 1.07 bits per heavy atom. The molecule has 1 heterocycles. The van der Waals surface area contributed by atoms with Crippen LogP contribution in [0.4, 0.5) is 17.2 Å². The lowest BCUT2D eigenvalue weighted by Gasteiger charge is -2.09. The number of amides is 2. The molecule has 9 nitrogen and oxygen atoms in total. The normalized spacial score (nSPS) is 10.2. The van der Waals surface area contributed by atoms with Crippen LogP contribution >= 0.6 is 15.9 Å². The van der Waals surface area contributed by atoms with E-state index in [-0.39, 0.29) is 24.0 Å². The van der Waals surface area contributed by atoms with Crippen molar-refractivity contribution in [2.24, 2.45) is 0 Å². The van der Waals surface area contributed by atoms with Crippen LogP contribution in [0.1, 0.15) is 10.4 Å². The van der Waals surface area contributed by atoms with Gasteiger partial charge in [0.05, 0.1) is 11.0 Å². The summed E-state index contributed by atoms with van der Waals surface area (Å²) in [6, 6.07) is 15.3. The molecule has 0 fully saturated rings. The van der Waals surface area contributed by atoms with E-state index in [0.29, 0.717) is 17.1 Å². The predicted molar refractivity (Wildman–Crippen MR) is 114 cm³/mol. The standard InChI is InChI=1S/C20H15BrN4O5/c21-14-7-8-18(22-11-14)24-20(27)13-3-1-4-15(9-13)23-19(26)12-30-17-6-2-5-16(10-17)25(28)29/h1-11H,12H2,(H,23,26)(H,22,24,27). The Bertz CT molecular complexity index is 1090. The van der Waals surface area contributed by atoms with Gasteiger partial charge in [-0.3, -0.25) is 19.7 Å². The van der Waals surface area contributed by atoms with Crippen LogP contribution < -0.4 is 15.4 Å². The second kappa shape index (κ2) is 9.61. The van der Waals surface area contributed by atoms with Gasteiger partial charge >= 0.3 is 0 Å². The zero-order chi connectivity index (χ0) is 21.5. The third-order valence-corrected chi connectivity index (χ3v) is 4.24. The van der Waals surface area contributed by atoms with Crippen LogP contribution in [0, 0.1) is 10.1 Å². The van der Waals surface area contributed by atoms with Crippen molar-refractivity contribution in [2.45, 2.75) is 0 Å². The molecule has 0 saturated carbocycles. The van der Waals surface area contributed by atoms with Crippen molar-refractivity contribution < 1.29 is 19.2 Å². The molecular formula is C20H15BrN4O5. The molecule has 0 bridgehead atoms. The maximum atomic E-state index is 12.4. The van der Waals surface area contributed by atoms with Crippen LogP contribution in [0.2, 0.25) is 0 Å². The number of nitro benzene ring substituents is 1. The molecule has 0 radical (unpaired) electrons. The molecule has 0 spiro atoms. The van der Waals surface area contributed by atoms with Gasteiger partial charge in [-0.15, -0.1) is 0 Å². The molecule has 3 rings (SSSR count). The van der Waals surface area contributed by atoms with E-state index in [2.05, 4.69) is 31.5 Å². The molecule has 2 amide bonds. The molecule has 152 valence electrons. The van der Waals surface area contributed by atoms with Crippen LogP contribution in [-0.2, 0) is 4.79 Å². The summed E-state index contributed by atoms with van der Waals surface area (Å²) in [5.41, 5.74) is 0.600. The third kappa shape index (κ3) is 5.85. The SMILES string of the molecule is O=C(COc1cccc([N+](=O)[O-])c1)Nc1cccc(C(=O)Nc2ccc(Br)cn2)c1. The molecule has 2 N–H and O–H groups in total. The van der Waals surface area contributed by atoms with Crippen LogP contribution in [0.15, 0.2) is 71.3 Å². The maximum Gasteiger partial charge on any atom is 0.273 e. The van der Waals surface area contributed by atoms with Crippen LogP contribution in [0.5, 0.6) is 5.75 Å². The van der Waals surface area contributed by atoms with E-state index in [1.54, 1.807) is 36.5 Å². The zero-order valence-electron chi connectivity index (χ0n) is 15.4. The summed E-state index contributed by atoms with van der Waals surface area (Å²) < 4.78 is 6.08. The van der Waals surface area contributed by atoms with Gasteiger partial charge in [0.2, 0.25) is 0 Å². The first-order valence-corrected chi connectivity index (χ1v) is 9.40. The molecule has 30 heavy (non-hydrogen) atoms. The zero-order valence-corrected chi connectivity index (χ0v) is 17.0. The number of hydrogen-bond donors (Lipinski definition) is 2. The lowest BCUT2D eigenvalue weighted by molar-refractivity contribution is -0.384. The van der Waals surface area contributed by atoms with E-state index in [0.717, 1.165) is 4.47 Å². The first kappa shape index (κ1) is 20.9. The number of non-ortho nitro benzene ring substituents is 1. The van der Waals surface area contributed by atoms with E-state index in [4.69, 9.17) is 4.74 Å². The Morgan fingerprint density at radius 3 is 2.60 bits per heavy atom. The average Bonchev–Trinajstić information content (AvgIpc) is 2.74. The topological polar surface area (TPSA) is 123 Å². The minimum absolute atomic E-state index is 0.133. The summed E-state index contributed by atoms with van der Waals surface area (Å²) in [4.78, 5) is 38.8. The van der Waals surface area contributed by atoms with Crippen LogP contribution in [-0.4, -0.2) is 28.3 Å². The number of benzene rings is 2. The molecule has 1 aromatic heterocycles. The smallest absolute Gasteiger partial charge is 0.273 e. The van der Waals surface area contributed by atoms with Crippen molar-refractivity contribution in [1.82, 2.24) is 4.98 Å². The number of nitro groups is 1. The maximum absolute atomic E-state index is 12.4. The Labute approximate surface area is 179 Å². The van der Waals surface area contributed by atoms with Crippen LogP contribution in [0.25, 0.3) is 0 Å². The van der Waals surface area contributed by atoms with Crippen molar-refractivity contribution in [2.75, 3.05) is 17.2 Å². The number of anilines is 2. The molecule has 0 unspecified atom stereocenters. The third-order valence-electron chi connectivity index (χ3n) is 3.78. The molecule has 0 aliphatic rings. The van der Waals surface area contributed by atoms with Crippen molar-refractivity contribution in [3.05, 3.63) is 87.0 Å². The number of carbonyl (C=O) groups is 2. The lowest BCUT2D eigenvalue weighted by atomic mass is 10.2. The monoisotopic (exact) mass is 470 g/mol. The summed E-state index contributed by atoms with van der Waals surface area (Å²) in [5.74, 6) is -0.264. The fourth-order valence-corrected chi connectivity index (χ4v) is 2.64. The van der Waals surface area contributed by atoms with Gasteiger partial charge in [0, 0.05) is 28.0 Å². The first-order chi connectivity index (χ1) is 14.4. The summed E-state index contributed by atoms with van der Waals surface area (Å²) in [6.07, 6.45) is 1.56. The number of ether oxygens (including phenoxy) is 1. The number of nitrogens with one attached hydrogen (secondary N) is 2. The Hall–Kier alpha value is -3.79. The van der Waals surface area contributed by atoms with Crippen molar-refractivity contribution in [1.29, 1.82) is 0 Å². The first-order valence-electron chi connectivity index (χ1n) is 8.61. The molecule has 10 heteroatoms. The van der Waals surface area contributed by atoms with Gasteiger partial charge in [0.15, 0.2) is 6.61 Å². The summed E-state index contributed by atoms with van der Waals surface area (Å²) in [5, 5.41) is 16.1. The van der Waals surface area contributed by atoms with Gasteiger partial charge in [-0.25, -0.2) is 4.98 Å². The number of pyridine rings is 1. The minimum Gasteiger partial charge on any atom is -0.484 e. The molecular weight excluding hydrogens is 456 g/mol. The van der Waals surface area contributed by atoms with E-state index in [1.165, 1.54) is 30.3 Å². The molecule has 0 atom stereocenters. The molecule has 0 aliphatic heterocycles. The number of aromatic nitrogens is 1. The molecule has 0 aliphatic carbocycles. The Balaban J connectivity index is 1.58. The number of carbonyl (C=O) groups excluding carboxylic acids is 2. The minimum atomic E-state index is -0.548. The number of nitrogens with zero attached hydrogens (tertiary/aromatic N) is 2. The highest BCUT2D eigenvalue weighted by Gasteiger charge is 2.11. The van der Waals surface area contributed by atoms with Crippen molar-refractivity contribution in [3.8, 4) is 5.75 Å². The number of halogens is 1. The lowest BCUT2D eigenvalue weighted by Crippen LogP contribution is -2.20. The van der Waals surface area contributed by atoms with Gasteiger partial charge in [0.1, 0.15) is 11.6 Å². The van der Waals surface area contributed by atoms with E-state index >= 15 is 0 Å². The van der Waals surface area contributed by atoms with Crippen LogP contribution in [0.3, 0.4) is 0 Å². The Kier molecular flexibility index (Phi) is 6.71. The van der Waals surface area contributed by atoms with Gasteiger partial charge in [-0.05, 0) is 52.3 Å². The van der Waals surface area contributed by atoms with E-state index < -0.39 is 10.8 Å². The van der Waals surface area contributed by atoms with E-state index in [9.17, 15) is 19.7 Å². The summed E-state index contributed by atoms with van der Waals surface area (Å²) in [6.45, 7) is -0.347. The fraction of sp³-hybridized carbons (Fsp3) is 0.0500.